The van der Waals surface area contributed by atoms with Crippen molar-refractivity contribution < 1.29 is 28.5 Å². The van der Waals surface area contributed by atoms with E-state index >= 15 is 0 Å². The van der Waals surface area contributed by atoms with Gasteiger partial charge >= 0.3 is 12.3 Å². The Morgan fingerprint density at radius 2 is 1.62 bits per heavy atom. The van der Waals surface area contributed by atoms with E-state index in [2.05, 4.69) is 13.8 Å². The molecule has 1 rings (SSSR count). The molecule has 6 heteroatoms. The zero-order valence-corrected chi connectivity index (χ0v) is 13.1. The summed E-state index contributed by atoms with van der Waals surface area (Å²) in [5, 5.41) is 0. The van der Waals surface area contributed by atoms with Crippen LogP contribution in [-0.4, -0.2) is 37.7 Å². The van der Waals surface area contributed by atoms with Crippen molar-refractivity contribution in [2.75, 3.05) is 13.2 Å². The van der Waals surface area contributed by atoms with Crippen LogP contribution in [0.1, 0.15) is 52.9 Å². The van der Waals surface area contributed by atoms with Crippen LogP contribution in [0, 0.1) is 5.92 Å². The van der Waals surface area contributed by atoms with Crippen LogP contribution in [0.3, 0.4) is 0 Å². The first-order valence-electron chi connectivity index (χ1n) is 7.68. The first-order valence-corrected chi connectivity index (χ1v) is 7.68. The highest BCUT2D eigenvalue weighted by atomic mass is 16.7. The molecule has 1 fully saturated rings. The summed E-state index contributed by atoms with van der Waals surface area (Å²) in [6, 6.07) is 0. The monoisotopic (exact) mass is 302 g/mol. The number of hydrogen-bond acceptors (Lipinski definition) is 6. The number of carbonyl (C=O) groups is 2. The minimum atomic E-state index is -0.664. The fourth-order valence-corrected chi connectivity index (χ4v) is 2.15. The van der Waals surface area contributed by atoms with Crippen molar-refractivity contribution in [2.45, 2.75) is 65.1 Å². The Morgan fingerprint density at radius 3 is 2.14 bits per heavy atom. The Balaban J connectivity index is 2.25. The highest BCUT2D eigenvalue weighted by molar-refractivity contribution is 5.60. The van der Waals surface area contributed by atoms with Gasteiger partial charge in [0.25, 0.3) is 0 Å². The van der Waals surface area contributed by atoms with Gasteiger partial charge in [-0.15, -0.1) is 0 Å². The van der Waals surface area contributed by atoms with Crippen molar-refractivity contribution in [3.63, 3.8) is 0 Å². The number of carbonyl (C=O) groups excluding carboxylic acids is 2. The van der Waals surface area contributed by atoms with Crippen molar-refractivity contribution in [1.29, 1.82) is 0 Å². The second kappa shape index (κ2) is 9.47. The molecule has 1 aliphatic carbocycles. The normalized spacial score (nSPS) is 21.7. The standard InChI is InChI=1S/C15H26O6/c1-4-18-14(16)20-12-6-5-7-13(10-12)21-15(17)19-9-8-11(2)3/h11-13H,4-10H2,1-3H3. The third kappa shape index (κ3) is 7.78. The summed E-state index contributed by atoms with van der Waals surface area (Å²) < 4.78 is 20.2. The molecular formula is C15H26O6. The van der Waals surface area contributed by atoms with Crippen LogP contribution >= 0.6 is 0 Å². The Labute approximate surface area is 126 Å². The smallest absolute Gasteiger partial charge is 0.435 e. The summed E-state index contributed by atoms with van der Waals surface area (Å²) in [4.78, 5) is 22.8. The fourth-order valence-electron chi connectivity index (χ4n) is 2.15. The van der Waals surface area contributed by atoms with Crippen molar-refractivity contribution >= 4 is 12.3 Å². The molecule has 2 atom stereocenters. The van der Waals surface area contributed by atoms with Crippen molar-refractivity contribution in [3.05, 3.63) is 0 Å². The number of rotatable bonds is 6. The maximum Gasteiger partial charge on any atom is 0.508 e. The fraction of sp³-hybridized carbons (Fsp3) is 0.867. The van der Waals surface area contributed by atoms with Gasteiger partial charge in [0.2, 0.25) is 0 Å². The summed E-state index contributed by atoms with van der Waals surface area (Å²) in [7, 11) is 0. The van der Waals surface area contributed by atoms with E-state index in [4.69, 9.17) is 18.9 Å². The van der Waals surface area contributed by atoms with Gasteiger partial charge in [0, 0.05) is 6.42 Å². The molecule has 0 aromatic rings. The van der Waals surface area contributed by atoms with Gasteiger partial charge in [-0.25, -0.2) is 9.59 Å². The van der Waals surface area contributed by atoms with Gasteiger partial charge in [-0.3, -0.25) is 0 Å². The first kappa shape index (κ1) is 17.6. The van der Waals surface area contributed by atoms with Gasteiger partial charge in [0.05, 0.1) is 13.2 Å². The molecule has 0 aliphatic heterocycles. The molecule has 122 valence electrons. The highest BCUT2D eigenvalue weighted by Crippen LogP contribution is 2.24. The zero-order valence-electron chi connectivity index (χ0n) is 13.1. The largest absolute Gasteiger partial charge is 0.508 e. The molecule has 0 saturated heterocycles. The lowest BCUT2D eigenvalue weighted by Gasteiger charge is -2.27. The Hall–Kier alpha value is -1.46. The Morgan fingerprint density at radius 1 is 1.05 bits per heavy atom. The lowest BCUT2D eigenvalue weighted by molar-refractivity contribution is -0.0343. The third-order valence-electron chi connectivity index (χ3n) is 3.28. The van der Waals surface area contributed by atoms with E-state index in [1.807, 2.05) is 0 Å². The van der Waals surface area contributed by atoms with Gasteiger partial charge in [-0.2, -0.15) is 0 Å². The maximum absolute atomic E-state index is 11.5. The molecule has 0 N–H and O–H groups in total. The van der Waals surface area contributed by atoms with Crippen molar-refractivity contribution in [2.24, 2.45) is 5.92 Å². The van der Waals surface area contributed by atoms with E-state index in [1.165, 1.54) is 0 Å². The molecule has 0 radical (unpaired) electrons. The van der Waals surface area contributed by atoms with Crippen LogP contribution in [0.25, 0.3) is 0 Å². The van der Waals surface area contributed by atoms with Gasteiger partial charge in [-0.1, -0.05) is 13.8 Å². The minimum absolute atomic E-state index is 0.258. The lowest BCUT2D eigenvalue weighted by Crippen LogP contribution is -2.32. The molecule has 0 heterocycles. The molecule has 0 aromatic carbocycles. The molecule has 21 heavy (non-hydrogen) atoms. The van der Waals surface area contributed by atoms with Gasteiger partial charge < -0.3 is 18.9 Å². The van der Waals surface area contributed by atoms with Gasteiger partial charge in [0.1, 0.15) is 12.2 Å². The molecule has 6 nitrogen and oxygen atoms in total. The van der Waals surface area contributed by atoms with E-state index in [9.17, 15) is 9.59 Å². The second-order valence-corrected chi connectivity index (χ2v) is 5.61. The molecule has 1 saturated carbocycles. The third-order valence-corrected chi connectivity index (χ3v) is 3.28. The van der Waals surface area contributed by atoms with Crippen LogP contribution in [-0.2, 0) is 18.9 Å². The molecule has 0 aromatic heterocycles. The van der Waals surface area contributed by atoms with Crippen LogP contribution < -0.4 is 0 Å². The second-order valence-electron chi connectivity index (χ2n) is 5.61. The van der Waals surface area contributed by atoms with Crippen LogP contribution in [0.15, 0.2) is 0 Å². The number of hydrogen-bond donors (Lipinski definition) is 0. The molecule has 1 aliphatic rings. The quantitative estimate of drug-likeness (QED) is 0.697. The molecule has 0 bridgehead atoms. The van der Waals surface area contributed by atoms with E-state index in [0.717, 1.165) is 25.7 Å². The van der Waals surface area contributed by atoms with Crippen LogP contribution in [0.4, 0.5) is 9.59 Å². The minimum Gasteiger partial charge on any atom is -0.435 e. The van der Waals surface area contributed by atoms with Gasteiger partial charge in [0.15, 0.2) is 0 Å². The molecule has 2 unspecified atom stereocenters. The summed E-state index contributed by atoms with van der Waals surface area (Å²) in [5.74, 6) is 0.481. The van der Waals surface area contributed by atoms with E-state index in [1.54, 1.807) is 6.92 Å². The average molecular weight is 302 g/mol. The zero-order chi connectivity index (χ0) is 15.7. The maximum atomic E-state index is 11.5. The molecular weight excluding hydrogens is 276 g/mol. The molecule has 0 spiro atoms. The number of ether oxygens (including phenoxy) is 4. The average Bonchev–Trinajstić information content (AvgIpc) is 2.38. The SMILES string of the molecule is CCOC(=O)OC1CCCC(OC(=O)OCCC(C)C)C1. The first-order chi connectivity index (χ1) is 10.0. The lowest BCUT2D eigenvalue weighted by atomic mass is 9.95. The summed E-state index contributed by atoms with van der Waals surface area (Å²) in [6.45, 7) is 6.50. The predicted molar refractivity (Wildman–Crippen MR) is 76.0 cm³/mol. The van der Waals surface area contributed by atoms with Crippen LogP contribution in [0.2, 0.25) is 0 Å². The van der Waals surface area contributed by atoms with E-state index in [0.29, 0.717) is 18.9 Å². The highest BCUT2D eigenvalue weighted by Gasteiger charge is 2.28. The van der Waals surface area contributed by atoms with Crippen molar-refractivity contribution in [3.8, 4) is 0 Å². The topological polar surface area (TPSA) is 71.1 Å². The Bertz CT molecular complexity index is 328. The van der Waals surface area contributed by atoms with E-state index in [-0.39, 0.29) is 18.8 Å². The predicted octanol–water partition coefficient (Wildman–Crippen LogP) is 3.67. The summed E-state index contributed by atoms with van der Waals surface area (Å²) >= 11 is 0. The van der Waals surface area contributed by atoms with Crippen molar-refractivity contribution in [1.82, 2.24) is 0 Å². The molecule has 0 amide bonds. The summed E-state index contributed by atoms with van der Waals surface area (Å²) in [6.07, 6.45) is 1.86. The summed E-state index contributed by atoms with van der Waals surface area (Å²) in [5.41, 5.74) is 0. The van der Waals surface area contributed by atoms with Gasteiger partial charge in [-0.05, 0) is 38.5 Å². The van der Waals surface area contributed by atoms with Crippen LogP contribution in [0.5, 0.6) is 0 Å². The van der Waals surface area contributed by atoms with E-state index < -0.39 is 12.3 Å². The Kier molecular flexibility index (Phi) is 7.93.